The van der Waals surface area contributed by atoms with Gasteiger partial charge in [-0.15, -0.1) is 0 Å². The number of hydrogen-bond acceptors (Lipinski definition) is 4. The number of hydrogen-bond donors (Lipinski definition) is 2. The van der Waals surface area contributed by atoms with Crippen LogP contribution >= 0.6 is 0 Å². The van der Waals surface area contributed by atoms with E-state index in [1.165, 1.54) is 36.3 Å². The van der Waals surface area contributed by atoms with E-state index in [0.29, 0.717) is 11.1 Å². The van der Waals surface area contributed by atoms with Gasteiger partial charge in [-0.3, -0.25) is 9.59 Å². The van der Waals surface area contributed by atoms with Gasteiger partial charge in [-0.2, -0.15) is 0 Å². The summed E-state index contributed by atoms with van der Waals surface area (Å²) in [6, 6.07) is 5.02. The van der Waals surface area contributed by atoms with E-state index in [2.05, 4.69) is 5.32 Å². The van der Waals surface area contributed by atoms with Crippen LogP contribution in [-0.2, 0) is 9.53 Å². The maximum atomic E-state index is 12.0. The van der Waals surface area contributed by atoms with Gasteiger partial charge in [0.05, 0.1) is 0 Å². The maximum Gasteiger partial charge on any atom is 0.326 e. The molecule has 2 amide bonds. The minimum atomic E-state index is -1.12. The van der Waals surface area contributed by atoms with Crippen LogP contribution in [0, 0.1) is 0 Å². The van der Waals surface area contributed by atoms with E-state index < -0.39 is 17.9 Å². The molecule has 0 bridgehead atoms. The van der Waals surface area contributed by atoms with Gasteiger partial charge in [-0.25, -0.2) is 4.79 Å². The first-order valence-electron chi connectivity index (χ1n) is 6.71. The molecule has 1 rings (SSSR count). The Morgan fingerprint density at radius 1 is 1.18 bits per heavy atom. The molecule has 1 aromatic carbocycles. The number of carbonyl (C=O) groups excluding carboxylic acids is 2. The van der Waals surface area contributed by atoms with E-state index in [1.807, 2.05) is 0 Å². The Morgan fingerprint density at radius 3 is 2.18 bits per heavy atom. The van der Waals surface area contributed by atoms with Crippen molar-refractivity contribution >= 4 is 17.8 Å². The van der Waals surface area contributed by atoms with Crippen molar-refractivity contribution in [3.63, 3.8) is 0 Å². The van der Waals surface area contributed by atoms with Crippen molar-refractivity contribution in [2.45, 2.75) is 12.5 Å². The van der Waals surface area contributed by atoms with E-state index in [4.69, 9.17) is 9.84 Å². The highest BCUT2D eigenvalue weighted by Gasteiger charge is 2.20. The second-order valence-electron chi connectivity index (χ2n) is 4.92. The van der Waals surface area contributed by atoms with Gasteiger partial charge < -0.3 is 20.1 Å². The molecule has 0 spiro atoms. The first-order valence-corrected chi connectivity index (χ1v) is 6.71. The van der Waals surface area contributed by atoms with Gasteiger partial charge >= 0.3 is 5.97 Å². The third-order valence-electron chi connectivity index (χ3n) is 3.01. The predicted molar refractivity (Wildman–Crippen MR) is 79.8 cm³/mol. The summed E-state index contributed by atoms with van der Waals surface area (Å²) in [6.07, 6.45) is 0.175. The van der Waals surface area contributed by atoms with Crippen LogP contribution in [-0.4, -0.2) is 61.6 Å². The molecule has 0 fully saturated rings. The lowest BCUT2D eigenvalue weighted by molar-refractivity contribution is -0.139. The molecular weight excluding hydrogens is 288 g/mol. The molecule has 0 heterocycles. The van der Waals surface area contributed by atoms with Gasteiger partial charge in [-0.05, 0) is 24.3 Å². The molecule has 0 aliphatic heterocycles. The van der Waals surface area contributed by atoms with E-state index in [0.717, 1.165) is 0 Å². The summed E-state index contributed by atoms with van der Waals surface area (Å²) < 4.78 is 4.82. The number of nitrogens with zero attached hydrogens (tertiary/aromatic N) is 1. The third kappa shape index (κ3) is 4.85. The number of carbonyl (C=O) groups is 3. The largest absolute Gasteiger partial charge is 0.480 e. The molecule has 0 aliphatic carbocycles. The Labute approximate surface area is 128 Å². The zero-order chi connectivity index (χ0) is 16.7. The minimum absolute atomic E-state index is 0.171. The number of carboxylic acid groups (broad SMARTS) is 1. The Morgan fingerprint density at radius 2 is 1.73 bits per heavy atom. The molecule has 1 unspecified atom stereocenters. The van der Waals surface area contributed by atoms with Crippen molar-refractivity contribution in [3.05, 3.63) is 35.4 Å². The molecule has 1 atom stereocenters. The van der Waals surface area contributed by atoms with Crippen molar-refractivity contribution in [3.8, 4) is 0 Å². The highest BCUT2D eigenvalue weighted by atomic mass is 16.5. The second kappa shape index (κ2) is 8.14. The SMILES string of the molecule is COCCC(NC(=O)c1ccc(C(=O)N(C)C)cc1)C(=O)O. The number of aliphatic carboxylic acids is 1. The highest BCUT2D eigenvalue weighted by Crippen LogP contribution is 2.07. The molecule has 0 aliphatic rings. The summed E-state index contributed by atoms with van der Waals surface area (Å²) in [5.41, 5.74) is 0.745. The number of methoxy groups -OCH3 is 1. The van der Waals surface area contributed by atoms with Crippen LogP contribution < -0.4 is 5.32 Å². The van der Waals surface area contributed by atoms with Crippen LogP contribution in [0.3, 0.4) is 0 Å². The van der Waals surface area contributed by atoms with Crippen LogP contribution in [0.25, 0.3) is 0 Å². The van der Waals surface area contributed by atoms with Crippen molar-refractivity contribution in [1.29, 1.82) is 0 Å². The van der Waals surface area contributed by atoms with Gasteiger partial charge in [0, 0.05) is 45.4 Å². The normalized spacial score (nSPS) is 11.6. The van der Waals surface area contributed by atoms with Gasteiger partial charge in [0.2, 0.25) is 0 Å². The van der Waals surface area contributed by atoms with Gasteiger partial charge in [0.15, 0.2) is 0 Å². The van der Waals surface area contributed by atoms with Crippen molar-refractivity contribution in [2.75, 3.05) is 27.8 Å². The monoisotopic (exact) mass is 308 g/mol. The van der Waals surface area contributed by atoms with E-state index in [1.54, 1.807) is 14.1 Å². The van der Waals surface area contributed by atoms with E-state index in [-0.39, 0.29) is 18.9 Å². The van der Waals surface area contributed by atoms with E-state index >= 15 is 0 Å². The van der Waals surface area contributed by atoms with Crippen LogP contribution in [0.5, 0.6) is 0 Å². The summed E-state index contributed by atoms with van der Waals surface area (Å²) in [5, 5.41) is 11.5. The molecule has 2 N–H and O–H groups in total. The van der Waals surface area contributed by atoms with E-state index in [9.17, 15) is 14.4 Å². The first-order chi connectivity index (χ1) is 10.4. The van der Waals surface area contributed by atoms with Gasteiger partial charge in [-0.1, -0.05) is 0 Å². The van der Waals surface area contributed by atoms with Crippen molar-refractivity contribution < 1.29 is 24.2 Å². The lowest BCUT2D eigenvalue weighted by Gasteiger charge is -2.14. The minimum Gasteiger partial charge on any atom is -0.480 e. The lowest BCUT2D eigenvalue weighted by Crippen LogP contribution is -2.41. The molecule has 0 radical (unpaired) electrons. The average molecular weight is 308 g/mol. The molecule has 0 aromatic heterocycles. The molecule has 7 nitrogen and oxygen atoms in total. The van der Waals surface area contributed by atoms with Gasteiger partial charge in [0.25, 0.3) is 11.8 Å². The fourth-order valence-electron chi connectivity index (χ4n) is 1.76. The zero-order valence-electron chi connectivity index (χ0n) is 12.8. The molecule has 22 heavy (non-hydrogen) atoms. The van der Waals surface area contributed by atoms with Crippen LogP contribution in [0.4, 0.5) is 0 Å². The summed E-state index contributed by atoms with van der Waals surface area (Å²) in [5.74, 6) is -1.80. The average Bonchev–Trinajstić information content (AvgIpc) is 2.50. The number of ether oxygens (including phenoxy) is 1. The Kier molecular flexibility index (Phi) is 6.52. The van der Waals surface area contributed by atoms with Crippen LogP contribution in [0.15, 0.2) is 24.3 Å². The molecule has 0 saturated heterocycles. The van der Waals surface area contributed by atoms with Gasteiger partial charge in [0.1, 0.15) is 6.04 Å². The zero-order valence-corrected chi connectivity index (χ0v) is 12.8. The summed E-state index contributed by atoms with van der Waals surface area (Å²) >= 11 is 0. The number of carboxylic acids is 1. The van der Waals surface area contributed by atoms with Crippen molar-refractivity contribution in [1.82, 2.24) is 10.2 Å². The number of rotatable bonds is 7. The highest BCUT2D eigenvalue weighted by molar-refractivity contribution is 5.98. The fraction of sp³-hybridized carbons (Fsp3) is 0.400. The molecular formula is C15H20N2O5. The molecule has 7 heteroatoms. The summed E-state index contributed by atoms with van der Waals surface area (Å²) in [7, 11) is 4.73. The summed E-state index contributed by atoms with van der Waals surface area (Å²) in [6.45, 7) is 0.230. The smallest absolute Gasteiger partial charge is 0.326 e. The fourth-order valence-corrected chi connectivity index (χ4v) is 1.76. The van der Waals surface area contributed by atoms with Crippen LogP contribution in [0.1, 0.15) is 27.1 Å². The Bertz CT molecular complexity index is 539. The first kappa shape index (κ1) is 17.6. The predicted octanol–water partition coefficient (Wildman–Crippen LogP) is 0.608. The quantitative estimate of drug-likeness (QED) is 0.769. The number of benzene rings is 1. The molecule has 120 valence electrons. The molecule has 1 aromatic rings. The number of nitrogens with one attached hydrogen (secondary N) is 1. The summed E-state index contributed by atoms with van der Waals surface area (Å²) in [4.78, 5) is 36.3. The maximum absolute atomic E-state index is 12.0. The third-order valence-corrected chi connectivity index (χ3v) is 3.01. The Balaban J connectivity index is 2.76. The standard InChI is InChI=1S/C15H20N2O5/c1-17(2)14(19)11-6-4-10(5-7-11)13(18)16-12(15(20)21)8-9-22-3/h4-7,12H,8-9H2,1-3H3,(H,16,18)(H,20,21). The number of amides is 2. The van der Waals surface area contributed by atoms with Crippen LogP contribution in [0.2, 0.25) is 0 Å². The molecule has 0 saturated carbocycles. The Hall–Kier alpha value is -2.41. The van der Waals surface area contributed by atoms with Crippen molar-refractivity contribution in [2.24, 2.45) is 0 Å². The lowest BCUT2D eigenvalue weighted by atomic mass is 10.1. The topological polar surface area (TPSA) is 95.9 Å². The second-order valence-corrected chi connectivity index (χ2v) is 4.92.